The molecule has 2 fully saturated rings. The first-order chi connectivity index (χ1) is 10.2. The number of oxazole rings is 1. The van der Waals surface area contributed by atoms with E-state index in [2.05, 4.69) is 40.5 Å². The van der Waals surface area contributed by atoms with Gasteiger partial charge in [-0.05, 0) is 6.54 Å². The molecule has 0 N–H and O–H groups in total. The van der Waals surface area contributed by atoms with E-state index in [4.69, 9.17) is 4.42 Å². The summed E-state index contributed by atoms with van der Waals surface area (Å²) in [6.07, 6.45) is 1.59. The number of aromatic nitrogens is 1. The molecule has 1 aromatic heterocycles. The highest BCUT2D eigenvalue weighted by Gasteiger charge is 2.33. The minimum Gasteiger partial charge on any atom is -0.448 e. The predicted molar refractivity (Wildman–Crippen MR) is 83.3 cm³/mol. The van der Waals surface area contributed by atoms with Gasteiger partial charge in [-0.1, -0.05) is 20.8 Å². The van der Waals surface area contributed by atoms with E-state index in [-0.39, 0.29) is 0 Å². The molecule has 0 radical (unpaired) electrons. The molecule has 0 spiro atoms. The molecule has 3 rings (SSSR count). The maximum atomic E-state index is 5.51. The zero-order valence-electron chi connectivity index (χ0n) is 13.6. The Kier molecular flexibility index (Phi) is 4.62. The average molecular weight is 292 g/mol. The predicted octanol–water partition coefficient (Wildman–Crippen LogP) is 1.62. The Hall–Kier alpha value is -0.910. The van der Waals surface area contributed by atoms with E-state index in [1.54, 1.807) is 6.39 Å². The lowest BCUT2D eigenvalue weighted by Gasteiger charge is -2.48. The summed E-state index contributed by atoms with van der Waals surface area (Å²) in [6, 6.07) is 0.749. The van der Waals surface area contributed by atoms with E-state index in [9.17, 15) is 0 Å². The van der Waals surface area contributed by atoms with Crippen molar-refractivity contribution in [2.75, 3.05) is 45.8 Å². The molecule has 5 nitrogen and oxygen atoms in total. The van der Waals surface area contributed by atoms with Gasteiger partial charge >= 0.3 is 0 Å². The van der Waals surface area contributed by atoms with E-state index in [1.807, 2.05) is 0 Å². The van der Waals surface area contributed by atoms with E-state index in [0.717, 1.165) is 24.0 Å². The Labute approximate surface area is 127 Å². The Morgan fingerprint density at radius 1 is 1.19 bits per heavy atom. The molecule has 3 heterocycles. The number of hydrogen-bond donors (Lipinski definition) is 0. The molecular weight excluding hydrogens is 264 g/mol. The number of nitrogens with zero attached hydrogens (tertiary/aromatic N) is 4. The topological polar surface area (TPSA) is 35.8 Å². The van der Waals surface area contributed by atoms with Crippen LogP contribution in [0.15, 0.2) is 10.8 Å². The van der Waals surface area contributed by atoms with Crippen LogP contribution in [-0.4, -0.2) is 71.5 Å². The second kappa shape index (κ2) is 6.46. The number of likely N-dealkylation sites (N-methyl/N-ethyl adjacent to an activating group) is 1. The standard InChI is InChI=1S/C16H28N4O/c1-4-18-5-7-20(8-6-18)14-9-19(10-14)11-15-16(13(2)3)21-12-17-15/h12-14H,4-11H2,1-3H3. The first-order valence-electron chi connectivity index (χ1n) is 8.28. The van der Waals surface area contributed by atoms with Crippen LogP contribution in [0.2, 0.25) is 0 Å². The van der Waals surface area contributed by atoms with Gasteiger partial charge in [0.25, 0.3) is 0 Å². The average Bonchev–Trinajstić information content (AvgIpc) is 2.91. The Balaban J connectivity index is 1.45. The van der Waals surface area contributed by atoms with Crippen molar-refractivity contribution in [3.05, 3.63) is 17.8 Å². The van der Waals surface area contributed by atoms with Crippen molar-refractivity contribution in [3.63, 3.8) is 0 Å². The Morgan fingerprint density at radius 2 is 1.90 bits per heavy atom. The van der Waals surface area contributed by atoms with Crippen LogP contribution >= 0.6 is 0 Å². The van der Waals surface area contributed by atoms with Crippen LogP contribution in [0, 0.1) is 0 Å². The summed E-state index contributed by atoms with van der Waals surface area (Å²) in [4.78, 5) is 12.1. The lowest BCUT2D eigenvalue weighted by atomic mass is 10.0. The largest absolute Gasteiger partial charge is 0.448 e. The van der Waals surface area contributed by atoms with E-state index in [0.29, 0.717) is 5.92 Å². The van der Waals surface area contributed by atoms with Gasteiger partial charge < -0.3 is 9.32 Å². The molecule has 2 aliphatic rings. The smallest absolute Gasteiger partial charge is 0.181 e. The van der Waals surface area contributed by atoms with Gasteiger partial charge in [0.2, 0.25) is 0 Å². The minimum absolute atomic E-state index is 0.418. The highest BCUT2D eigenvalue weighted by atomic mass is 16.3. The van der Waals surface area contributed by atoms with Gasteiger partial charge in [-0.2, -0.15) is 0 Å². The third kappa shape index (κ3) is 3.30. The van der Waals surface area contributed by atoms with Gasteiger partial charge in [0, 0.05) is 57.8 Å². The monoisotopic (exact) mass is 292 g/mol. The first-order valence-corrected chi connectivity index (χ1v) is 8.28. The molecule has 21 heavy (non-hydrogen) atoms. The molecule has 2 saturated heterocycles. The SMILES string of the molecule is CCN1CCN(C2CN(Cc3ncoc3C(C)C)C2)CC1. The summed E-state index contributed by atoms with van der Waals surface area (Å²) in [6.45, 7) is 16.0. The molecule has 118 valence electrons. The number of piperazine rings is 1. The van der Waals surface area contributed by atoms with Crippen LogP contribution in [0.1, 0.15) is 38.1 Å². The van der Waals surface area contributed by atoms with Crippen LogP contribution < -0.4 is 0 Å². The van der Waals surface area contributed by atoms with Crippen molar-refractivity contribution in [3.8, 4) is 0 Å². The summed E-state index contributed by atoms with van der Waals surface area (Å²) >= 11 is 0. The zero-order valence-corrected chi connectivity index (χ0v) is 13.6. The van der Waals surface area contributed by atoms with Crippen LogP contribution in [0.25, 0.3) is 0 Å². The van der Waals surface area contributed by atoms with Crippen LogP contribution in [0.4, 0.5) is 0 Å². The molecular formula is C16H28N4O. The van der Waals surface area contributed by atoms with Gasteiger partial charge in [0.1, 0.15) is 5.76 Å². The highest BCUT2D eigenvalue weighted by molar-refractivity contribution is 5.12. The maximum absolute atomic E-state index is 5.51. The molecule has 2 aliphatic heterocycles. The molecule has 0 amide bonds. The molecule has 0 atom stereocenters. The summed E-state index contributed by atoms with van der Waals surface area (Å²) in [5, 5.41) is 0. The highest BCUT2D eigenvalue weighted by Crippen LogP contribution is 2.23. The fraction of sp³-hybridized carbons (Fsp3) is 0.812. The quantitative estimate of drug-likeness (QED) is 0.824. The van der Waals surface area contributed by atoms with Crippen LogP contribution in [0.3, 0.4) is 0 Å². The number of rotatable bonds is 5. The van der Waals surface area contributed by atoms with Crippen molar-refractivity contribution in [1.82, 2.24) is 19.7 Å². The number of likely N-dealkylation sites (tertiary alicyclic amines) is 1. The normalized spacial score (nSPS) is 22.9. The Bertz CT molecular complexity index is 445. The van der Waals surface area contributed by atoms with Crippen molar-refractivity contribution in [2.45, 2.75) is 39.3 Å². The van der Waals surface area contributed by atoms with Crippen molar-refractivity contribution in [2.24, 2.45) is 0 Å². The molecule has 0 bridgehead atoms. The molecule has 5 heteroatoms. The summed E-state index contributed by atoms with van der Waals surface area (Å²) in [5.74, 6) is 1.47. The summed E-state index contributed by atoms with van der Waals surface area (Å²) < 4.78 is 5.51. The van der Waals surface area contributed by atoms with Crippen molar-refractivity contribution < 1.29 is 4.42 Å². The molecule has 0 saturated carbocycles. The second-order valence-corrected chi connectivity index (χ2v) is 6.64. The molecule has 0 unspecified atom stereocenters. The van der Waals surface area contributed by atoms with Gasteiger partial charge in [-0.15, -0.1) is 0 Å². The molecule has 0 aromatic carbocycles. The van der Waals surface area contributed by atoms with Gasteiger partial charge in [-0.3, -0.25) is 9.80 Å². The van der Waals surface area contributed by atoms with E-state index >= 15 is 0 Å². The third-order valence-electron chi connectivity index (χ3n) is 4.88. The lowest BCUT2D eigenvalue weighted by molar-refractivity contribution is 0.00138. The third-order valence-corrected chi connectivity index (χ3v) is 4.88. The second-order valence-electron chi connectivity index (χ2n) is 6.64. The Morgan fingerprint density at radius 3 is 2.52 bits per heavy atom. The number of hydrogen-bond acceptors (Lipinski definition) is 5. The van der Waals surface area contributed by atoms with E-state index in [1.165, 1.54) is 45.8 Å². The van der Waals surface area contributed by atoms with E-state index < -0.39 is 0 Å². The van der Waals surface area contributed by atoms with Crippen molar-refractivity contribution >= 4 is 0 Å². The minimum atomic E-state index is 0.418. The van der Waals surface area contributed by atoms with Gasteiger partial charge in [0.05, 0.1) is 5.69 Å². The molecule has 0 aliphatic carbocycles. The zero-order chi connectivity index (χ0) is 14.8. The summed E-state index contributed by atoms with van der Waals surface area (Å²) in [5.41, 5.74) is 1.12. The fourth-order valence-corrected chi connectivity index (χ4v) is 3.43. The summed E-state index contributed by atoms with van der Waals surface area (Å²) in [7, 11) is 0. The van der Waals surface area contributed by atoms with Gasteiger partial charge in [-0.25, -0.2) is 4.98 Å². The lowest BCUT2D eigenvalue weighted by Crippen LogP contribution is -2.62. The first kappa shape index (κ1) is 15.0. The fourth-order valence-electron chi connectivity index (χ4n) is 3.43. The van der Waals surface area contributed by atoms with Crippen molar-refractivity contribution in [1.29, 1.82) is 0 Å². The van der Waals surface area contributed by atoms with Crippen LogP contribution in [0.5, 0.6) is 0 Å². The van der Waals surface area contributed by atoms with Gasteiger partial charge in [0.15, 0.2) is 6.39 Å². The maximum Gasteiger partial charge on any atom is 0.181 e. The van der Waals surface area contributed by atoms with Crippen LogP contribution in [-0.2, 0) is 6.54 Å². The molecule has 1 aromatic rings.